The molecular formula is C14H15BrF5NO2. The van der Waals surface area contributed by atoms with Gasteiger partial charge in [-0.2, -0.15) is 0 Å². The highest BCUT2D eigenvalue weighted by Crippen LogP contribution is 2.32. The Bertz CT molecular complexity index is 538. The molecule has 0 amide bonds. The third kappa shape index (κ3) is 6.14. The molecule has 9 heteroatoms. The summed E-state index contributed by atoms with van der Waals surface area (Å²) < 4.78 is 72.7. The molecule has 0 saturated carbocycles. The summed E-state index contributed by atoms with van der Waals surface area (Å²) in [6, 6.07) is 3.61. The number of alkyl halides is 5. The molecule has 2 rings (SSSR count). The van der Waals surface area contributed by atoms with Gasteiger partial charge in [-0.15, -0.1) is 13.2 Å². The van der Waals surface area contributed by atoms with Gasteiger partial charge >= 0.3 is 6.36 Å². The van der Waals surface area contributed by atoms with Crippen molar-refractivity contribution in [1.82, 2.24) is 4.90 Å². The minimum atomic E-state index is -4.79. The number of halogens is 6. The molecule has 1 aromatic carbocycles. The van der Waals surface area contributed by atoms with Crippen LogP contribution in [0.2, 0.25) is 0 Å². The van der Waals surface area contributed by atoms with Gasteiger partial charge in [-0.05, 0) is 41.0 Å². The highest BCUT2D eigenvalue weighted by atomic mass is 79.9. The van der Waals surface area contributed by atoms with E-state index in [0.717, 1.165) is 12.1 Å². The Morgan fingerprint density at radius 3 is 2.65 bits per heavy atom. The molecule has 130 valence electrons. The maximum atomic E-state index is 13.3. The molecule has 3 nitrogen and oxygen atoms in total. The molecule has 0 radical (unpaired) electrons. The molecule has 0 N–H and O–H groups in total. The predicted molar refractivity (Wildman–Crippen MR) is 76.9 cm³/mol. The summed E-state index contributed by atoms with van der Waals surface area (Å²) in [5, 5.41) is 0. The SMILES string of the molecule is FC1(F)CCCN(CCOc2cc(OC(F)(F)F)ccc2Br)C1. The number of ether oxygens (including phenoxy) is 2. The van der Waals surface area contributed by atoms with Crippen molar-refractivity contribution in [2.24, 2.45) is 0 Å². The number of rotatable bonds is 5. The van der Waals surface area contributed by atoms with Crippen LogP contribution in [0, 0.1) is 0 Å². The molecule has 1 saturated heterocycles. The van der Waals surface area contributed by atoms with E-state index in [-0.39, 0.29) is 31.9 Å². The minimum Gasteiger partial charge on any atom is -0.491 e. The van der Waals surface area contributed by atoms with Gasteiger partial charge in [-0.1, -0.05) is 0 Å². The summed E-state index contributed by atoms with van der Waals surface area (Å²) in [4.78, 5) is 1.58. The lowest BCUT2D eigenvalue weighted by molar-refractivity contribution is -0.274. The van der Waals surface area contributed by atoms with Gasteiger partial charge in [0.2, 0.25) is 0 Å². The van der Waals surface area contributed by atoms with E-state index in [2.05, 4.69) is 20.7 Å². The Morgan fingerprint density at radius 1 is 1.26 bits per heavy atom. The van der Waals surface area contributed by atoms with E-state index < -0.39 is 18.0 Å². The third-order valence-corrected chi connectivity index (χ3v) is 3.93. The molecule has 0 aliphatic carbocycles. The van der Waals surface area contributed by atoms with Crippen LogP contribution in [0.1, 0.15) is 12.8 Å². The van der Waals surface area contributed by atoms with E-state index in [1.807, 2.05) is 0 Å². The second-order valence-corrected chi connectivity index (χ2v) is 6.08. The van der Waals surface area contributed by atoms with E-state index in [9.17, 15) is 22.0 Å². The Labute approximate surface area is 138 Å². The van der Waals surface area contributed by atoms with Crippen LogP contribution in [0.3, 0.4) is 0 Å². The summed E-state index contributed by atoms with van der Waals surface area (Å²) >= 11 is 3.16. The Balaban J connectivity index is 1.89. The zero-order valence-electron chi connectivity index (χ0n) is 12.0. The van der Waals surface area contributed by atoms with E-state index in [0.29, 0.717) is 17.4 Å². The molecule has 1 aliphatic heterocycles. The Kier molecular flexibility index (Phi) is 5.72. The van der Waals surface area contributed by atoms with Crippen LogP contribution in [0.15, 0.2) is 22.7 Å². The number of hydrogen-bond acceptors (Lipinski definition) is 3. The van der Waals surface area contributed by atoms with Crippen molar-refractivity contribution in [3.63, 3.8) is 0 Å². The zero-order chi connectivity index (χ0) is 17.1. The predicted octanol–water partition coefficient (Wildman–Crippen LogP) is 4.46. The van der Waals surface area contributed by atoms with Gasteiger partial charge in [0.25, 0.3) is 5.92 Å². The van der Waals surface area contributed by atoms with Crippen LogP contribution >= 0.6 is 15.9 Å². The first-order valence-corrected chi connectivity index (χ1v) is 7.72. The van der Waals surface area contributed by atoms with Gasteiger partial charge in [0.15, 0.2) is 0 Å². The van der Waals surface area contributed by atoms with Crippen LogP contribution < -0.4 is 9.47 Å². The maximum absolute atomic E-state index is 13.3. The summed E-state index contributed by atoms with van der Waals surface area (Å²) in [6.45, 7) is 0.586. The molecule has 23 heavy (non-hydrogen) atoms. The fourth-order valence-electron chi connectivity index (χ4n) is 2.31. The molecule has 0 atom stereocenters. The number of hydrogen-bond donors (Lipinski definition) is 0. The average Bonchev–Trinajstić information content (AvgIpc) is 2.39. The normalized spacial score (nSPS) is 18.7. The van der Waals surface area contributed by atoms with Gasteiger partial charge in [-0.3, -0.25) is 4.90 Å². The van der Waals surface area contributed by atoms with Crippen LogP contribution in [-0.2, 0) is 0 Å². The topological polar surface area (TPSA) is 21.7 Å². The molecule has 1 aromatic rings. The largest absolute Gasteiger partial charge is 0.573 e. The lowest BCUT2D eigenvalue weighted by Gasteiger charge is -2.32. The van der Waals surface area contributed by atoms with Gasteiger partial charge in [0, 0.05) is 19.0 Å². The molecule has 1 aliphatic rings. The van der Waals surface area contributed by atoms with Crippen molar-refractivity contribution in [3.8, 4) is 11.5 Å². The van der Waals surface area contributed by atoms with Crippen LogP contribution in [-0.4, -0.2) is 43.4 Å². The molecule has 0 bridgehead atoms. The second kappa shape index (κ2) is 7.21. The summed E-state index contributed by atoms with van der Waals surface area (Å²) in [5.74, 6) is -2.94. The van der Waals surface area contributed by atoms with Crippen molar-refractivity contribution in [2.45, 2.75) is 25.1 Å². The Morgan fingerprint density at radius 2 is 2.00 bits per heavy atom. The summed E-state index contributed by atoms with van der Waals surface area (Å²) in [7, 11) is 0. The van der Waals surface area contributed by atoms with Gasteiger partial charge in [0.1, 0.15) is 18.1 Å². The first-order valence-electron chi connectivity index (χ1n) is 6.93. The van der Waals surface area contributed by atoms with E-state index >= 15 is 0 Å². The summed E-state index contributed by atoms with van der Waals surface area (Å²) in [6.07, 6.45) is -4.50. The van der Waals surface area contributed by atoms with Crippen LogP contribution in [0.5, 0.6) is 11.5 Å². The molecular weight excluding hydrogens is 389 g/mol. The van der Waals surface area contributed by atoms with Gasteiger partial charge in [-0.25, -0.2) is 8.78 Å². The number of piperidine rings is 1. The standard InChI is InChI=1S/C14H15BrF5NO2/c15-11-3-2-10(23-14(18,19)20)8-12(11)22-7-6-21-5-1-4-13(16,17)9-21/h2-3,8H,1,4-7,9H2. The fraction of sp³-hybridized carbons (Fsp3) is 0.571. The van der Waals surface area contributed by atoms with Crippen molar-refractivity contribution < 1.29 is 31.4 Å². The third-order valence-electron chi connectivity index (χ3n) is 3.27. The monoisotopic (exact) mass is 403 g/mol. The lowest BCUT2D eigenvalue weighted by Crippen LogP contribution is -2.44. The molecule has 0 unspecified atom stereocenters. The van der Waals surface area contributed by atoms with Gasteiger partial charge in [0.05, 0.1) is 11.0 Å². The summed E-state index contributed by atoms with van der Waals surface area (Å²) in [5.41, 5.74) is 0. The highest BCUT2D eigenvalue weighted by molar-refractivity contribution is 9.10. The van der Waals surface area contributed by atoms with E-state index in [1.165, 1.54) is 6.07 Å². The molecule has 1 fully saturated rings. The van der Waals surface area contributed by atoms with Crippen molar-refractivity contribution >= 4 is 15.9 Å². The quantitative estimate of drug-likeness (QED) is 0.677. The zero-order valence-corrected chi connectivity index (χ0v) is 13.6. The van der Waals surface area contributed by atoms with Crippen molar-refractivity contribution in [2.75, 3.05) is 26.2 Å². The number of nitrogens with zero attached hydrogens (tertiary/aromatic N) is 1. The first-order chi connectivity index (χ1) is 10.6. The molecule has 0 spiro atoms. The molecule has 1 heterocycles. The van der Waals surface area contributed by atoms with Crippen molar-refractivity contribution in [1.29, 1.82) is 0 Å². The number of likely N-dealkylation sites (tertiary alicyclic amines) is 1. The highest BCUT2D eigenvalue weighted by Gasteiger charge is 2.35. The molecule has 0 aromatic heterocycles. The van der Waals surface area contributed by atoms with Gasteiger partial charge < -0.3 is 9.47 Å². The maximum Gasteiger partial charge on any atom is 0.573 e. The van der Waals surface area contributed by atoms with Crippen LogP contribution in [0.4, 0.5) is 22.0 Å². The van der Waals surface area contributed by atoms with E-state index in [4.69, 9.17) is 4.74 Å². The lowest BCUT2D eigenvalue weighted by atomic mass is 10.1. The van der Waals surface area contributed by atoms with Crippen LogP contribution in [0.25, 0.3) is 0 Å². The first kappa shape index (κ1) is 18.3. The average molecular weight is 404 g/mol. The fourth-order valence-corrected chi connectivity index (χ4v) is 2.67. The van der Waals surface area contributed by atoms with Crippen molar-refractivity contribution in [3.05, 3.63) is 22.7 Å². The second-order valence-electron chi connectivity index (χ2n) is 5.22. The van der Waals surface area contributed by atoms with E-state index in [1.54, 1.807) is 4.90 Å². The smallest absolute Gasteiger partial charge is 0.491 e. The number of benzene rings is 1. The Hall–Kier alpha value is -1.09. The minimum absolute atomic E-state index is 0.0875.